The van der Waals surface area contributed by atoms with Gasteiger partial charge in [0.25, 0.3) is 5.91 Å². The normalized spacial score (nSPS) is 14.9. The van der Waals surface area contributed by atoms with Gasteiger partial charge in [-0.05, 0) is 80.3 Å². The molecule has 4 rings (SSSR count). The quantitative estimate of drug-likeness (QED) is 0.550. The van der Waals surface area contributed by atoms with Crippen LogP contribution in [0.5, 0.6) is 5.75 Å². The van der Waals surface area contributed by atoms with Gasteiger partial charge in [-0.3, -0.25) is 4.79 Å². The molecule has 0 spiro atoms. The molecule has 0 bridgehead atoms. The van der Waals surface area contributed by atoms with E-state index in [1.807, 2.05) is 37.3 Å². The number of carbonyl (C=O) groups excluding carboxylic acids is 1. The number of hydrogen-bond donors (Lipinski definition) is 1. The summed E-state index contributed by atoms with van der Waals surface area (Å²) in [4.78, 5) is 13.2. The lowest BCUT2D eigenvalue weighted by molar-refractivity contribution is -0.127. The zero-order valence-electron chi connectivity index (χ0n) is 18.7. The monoisotopic (exact) mass is 413 g/mol. The van der Waals surface area contributed by atoms with Crippen molar-refractivity contribution >= 4 is 5.91 Å². The van der Waals surface area contributed by atoms with E-state index in [0.717, 1.165) is 29.7 Å². The standard InChI is InChI=1S/C28H31NO2/c1-19-16-17-24(20(2)18-19)27(23-11-5-4-6-12-23)29-28(30)21(3)31-26-15-9-13-22-10-7-8-14-25(22)26/h4-6,9,11-13,15-18,21,27H,7-8,10,14H2,1-3H3,(H,29,30)/t21-,27+/m0/s1. The Morgan fingerprint density at radius 1 is 0.935 bits per heavy atom. The van der Waals surface area contributed by atoms with Gasteiger partial charge in [0.05, 0.1) is 6.04 Å². The summed E-state index contributed by atoms with van der Waals surface area (Å²) in [7, 11) is 0. The summed E-state index contributed by atoms with van der Waals surface area (Å²) in [6.45, 7) is 6.02. The molecule has 3 heteroatoms. The third-order valence-electron chi connectivity index (χ3n) is 6.18. The average Bonchev–Trinajstić information content (AvgIpc) is 2.78. The molecule has 31 heavy (non-hydrogen) atoms. The summed E-state index contributed by atoms with van der Waals surface area (Å²) in [5.74, 6) is 0.741. The molecule has 1 aliphatic rings. The van der Waals surface area contributed by atoms with Crippen molar-refractivity contribution in [3.8, 4) is 5.75 Å². The van der Waals surface area contributed by atoms with Crippen LogP contribution in [0.3, 0.4) is 0 Å². The Morgan fingerprint density at radius 3 is 2.48 bits per heavy atom. The number of nitrogens with one attached hydrogen (secondary N) is 1. The largest absolute Gasteiger partial charge is 0.481 e. The van der Waals surface area contributed by atoms with Gasteiger partial charge >= 0.3 is 0 Å². The first kappa shape index (κ1) is 21.2. The van der Waals surface area contributed by atoms with Crippen LogP contribution in [-0.4, -0.2) is 12.0 Å². The lowest BCUT2D eigenvalue weighted by Crippen LogP contribution is -2.39. The van der Waals surface area contributed by atoms with Crippen molar-refractivity contribution in [3.05, 3.63) is 100 Å². The number of ether oxygens (including phenoxy) is 1. The van der Waals surface area contributed by atoms with E-state index in [0.29, 0.717) is 0 Å². The van der Waals surface area contributed by atoms with E-state index in [2.05, 4.69) is 55.6 Å². The molecule has 0 aliphatic heterocycles. The molecule has 0 fully saturated rings. The van der Waals surface area contributed by atoms with Crippen LogP contribution in [0.1, 0.15) is 59.2 Å². The molecule has 160 valence electrons. The van der Waals surface area contributed by atoms with Crippen LogP contribution in [0.2, 0.25) is 0 Å². The van der Waals surface area contributed by atoms with Crippen molar-refractivity contribution in [1.82, 2.24) is 5.32 Å². The number of hydrogen-bond acceptors (Lipinski definition) is 2. The van der Waals surface area contributed by atoms with E-state index in [1.54, 1.807) is 0 Å². The minimum atomic E-state index is -0.578. The van der Waals surface area contributed by atoms with Crippen LogP contribution in [0, 0.1) is 13.8 Å². The van der Waals surface area contributed by atoms with Crippen LogP contribution in [0.4, 0.5) is 0 Å². The molecule has 2 atom stereocenters. The fraction of sp³-hybridized carbons (Fsp3) is 0.321. The van der Waals surface area contributed by atoms with Crippen molar-refractivity contribution in [2.75, 3.05) is 0 Å². The highest BCUT2D eigenvalue weighted by molar-refractivity contribution is 5.81. The molecule has 3 aromatic carbocycles. The molecule has 1 N–H and O–H groups in total. The highest BCUT2D eigenvalue weighted by Gasteiger charge is 2.24. The minimum absolute atomic E-state index is 0.109. The molecule has 0 aromatic heterocycles. The Labute approximate surface area is 185 Å². The number of rotatable bonds is 6. The van der Waals surface area contributed by atoms with Crippen molar-refractivity contribution in [2.24, 2.45) is 0 Å². The molecule has 0 saturated heterocycles. The van der Waals surface area contributed by atoms with Gasteiger partial charge in [0.2, 0.25) is 0 Å². The fourth-order valence-electron chi connectivity index (χ4n) is 4.50. The van der Waals surface area contributed by atoms with E-state index in [-0.39, 0.29) is 11.9 Å². The van der Waals surface area contributed by atoms with Gasteiger partial charge in [-0.2, -0.15) is 0 Å². The van der Waals surface area contributed by atoms with E-state index in [4.69, 9.17) is 4.74 Å². The summed E-state index contributed by atoms with van der Waals surface area (Å²) in [5, 5.41) is 3.25. The molecule has 3 aromatic rings. The summed E-state index contributed by atoms with van der Waals surface area (Å²) in [6, 6.07) is 22.5. The smallest absolute Gasteiger partial charge is 0.261 e. The first-order chi connectivity index (χ1) is 15.0. The minimum Gasteiger partial charge on any atom is -0.481 e. The van der Waals surface area contributed by atoms with Gasteiger partial charge in [0.15, 0.2) is 6.10 Å². The second kappa shape index (κ2) is 9.38. The summed E-state index contributed by atoms with van der Waals surface area (Å²) >= 11 is 0. The Morgan fingerprint density at radius 2 is 1.71 bits per heavy atom. The highest BCUT2D eigenvalue weighted by atomic mass is 16.5. The Balaban J connectivity index is 1.56. The van der Waals surface area contributed by atoms with Crippen LogP contribution in [0.15, 0.2) is 66.7 Å². The maximum Gasteiger partial charge on any atom is 0.261 e. The number of carbonyl (C=O) groups is 1. The molecule has 1 aliphatic carbocycles. The van der Waals surface area contributed by atoms with Gasteiger partial charge in [0.1, 0.15) is 5.75 Å². The van der Waals surface area contributed by atoms with Crippen LogP contribution < -0.4 is 10.1 Å². The van der Waals surface area contributed by atoms with Crippen LogP contribution in [-0.2, 0) is 17.6 Å². The predicted molar refractivity (Wildman–Crippen MR) is 126 cm³/mol. The lowest BCUT2D eigenvalue weighted by Gasteiger charge is -2.25. The third-order valence-corrected chi connectivity index (χ3v) is 6.18. The van der Waals surface area contributed by atoms with Gasteiger partial charge in [-0.1, -0.05) is 66.2 Å². The van der Waals surface area contributed by atoms with Crippen molar-refractivity contribution in [2.45, 2.75) is 58.6 Å². The van der Waals surface area contributed by atoms with Crippen molar-refractivity contribution < 1.29 is 9.53 Å². The zero-order chi connectivity index (χ0) is 21.8. The van der Waals surface area contributed by atoms with Gasteiger partial charge in [-0.15, -0.1) is 0 Å². The van der Waals surface area contributed by atoms with E-state index in [9.17, 15) is 4.79 Å². The van der Waals surface area contributed by atoms with Crippen molar-refractivity contribution in [1.29, 1.82) is 0 Å². The number of aryl methyl sites for hydroxylation is 3. The average molecular weight is 414 g/mol. The first-order valence-electron chi connectivity index (χ1n) is 11.2. The second-order valence-electron chi connectivity index (χ2n) is 8.57. The van der Waals surface area contributed by atoms with Crippen LogP contribution in [0.25, 0.3) is 0 Å². The Kier molecular flexibility index (Phi) is 6.41. The van der Waals surface area contributed by atoms with Crippen LogP contribution >= 0.6 is 0 Å². The van der Waals surface area contributed by atoms with E-state index < -0.39 is 6.10 Å². The maximum atomic E-state index is 13.2. The number of benzene rings is 3. The summed E-state index contributed by atoms with van der Waals surface area (Å²) < 4.78 is 6.18. The SMILES string of the molecule is Cc1ccc([C@H](NC(=O)[C@H](C)Oc2cccc3c2CCCC3)c2ccccc2)c(C)c1. The van der Waals surface area contributed by atoms with E-state index >= 15 is 0 Å². The lowest BCUT2D eigenvalue weighted by atomic mass is 9.91. The third kappa shape index (κ3) is 4.82. The number of fused-ring (bicyclic) bond motifs is 1. The predicted octanol–water partition coefficient (Wildman–Crippen LogP) is 5.86. The summed E-state index contributed by atoms with van der Waals surface area (Å²) in [6.07, 6.45) is 3.94. The zero-order valence-corrected chi connectivity index (χ0v) is 18.7. The topological polar surface area (TPSA) is 38.3 Å². The van der Waals surface area contributed by atoms with Gasteiger partial charge in [0, 0.05) is 0 Å². The molecule has 0 heterocycles. The summed E-state index contributed by atoms with van der Waals surface area (Å²) in [5.41, 5.74) is 7.17. The van der Waals surface area contributed by atoms with E-state index in [1.165, 1.54) is 35.1 Å². The molecule has 1 amide bonds. The Bertz CT molecular complexity index is 1060. The molecular weight excluding hydrogens is 382 g/mol. The molecule has 0 saturated carbocycles. The first-order valence-corrected chi connectivity index (χ1v) is 11.2. The molecule has 0 radical (unpaired) electrons. The Hall–Kier alpha value is -3.07. The molecule has 3 nitrogen and oxygen atoms in total. The van der Waals surface area contributed by atoms with Gasteiger partial charge in [-0.25, -0.2) is 0 Å². The second-order valence-corrected chi connectivity index (χ2v) is 8.57. The fourth-order valence-corrected chi connectivity index (χ4v) is 4.50. The maximum absolute atomic E-state index is 13.2. The van der Waals surface area contributed by atoms with Gasteiger partial charge < -0.3 is 10.1 Å². The van der Waals surface area contributed by atoms with Crippen molar-refractivity contribution in [3.63, 3.8) is 0 Å². The molecular formula is C28H31NO2. The number of amides is 1. The highest BCUT2D eigenvalue weighted by Crippen LogP contribution is 2.31. The molecule has 0 unspecified atom stereocenters.